The number of rotatable bonds is 2. The van der Waals surface area contributed by atoms with Crippen LogP contribution in [0.25, 0.3) is 5.65 Å². The Hall–Kier alpha value is -1.35. The number of hydrogen-bond acceptors (Lipinski definition) is 2. The van der Waals surface area contributed by atoms with Crippen molar-refractivity contribution in [3.8, 4) is 0 Å². The third-order valence-electron chi connectivity index (χ3n) is 3.39. The lowest BCUT2D eigenvalue weighted by Gasteiger charge is -2.22. The van der Waals surface area contributed by atoms with Gasteiger partial charge in [0.05, 0.1) is 0 Å². The van der Waals surface area contributed by atoms with Crippen LogP contribution >= 0.6 is 0 Å². The molecule has 84 valence electrons. The smallest absolute Gasteiger partial charge is 0.136 e. The van der Waals surface area contributed by atoms with Crippen LogP contribution in [0.5, 0.6) is 0 Å². The first-order valence-electron chi connectivity index (χ1n) is 6.05. The summed E-state index contributed by atoms with van der Waals surface area (Å²) in [7, 11) is 0. The summed E-state index contributed by atoms with van der Waals surface area (Å²) in [6.45, 7) is 2.34. The second-order valence-corrected chi connectivity index (χ2v) is 4.59. The van der Waals surface area contributed by atoms with Crippen LogP contribution in [-0.2, 0) is 6.42 Å². The standard InChI is InChI=1S/C13H17N3/c1-2-7-16-12(10-15-13(16)5-1)8-11-4-3-6-14-9-11/h1-2,5,7,10-11,14H,3-4,6,8-9H2. The number of piperidine rings is 1. The molecule has 1 aliphatic rings. The summed E-state index contributed by atoms with van der Waals surface area (Å²) >= 11 is 0. The van der Waals surface area contributed by atoms with Gasteiger partial charge in [0.1, 0.15) is 5.65 Å². The highest BCUT2D eigenvalue weighted by molar-refractivity contribution is 5.39. The molecular weight excluding hydrogens is 198 g/mol. The highest BCUT2D eigenvalue weighted by Crippen LogP contribution is 2.17. The van der Waals surface area contributed by atoms with E-state index in [1.54, 1.807) is 0 Å². The molecule has 0 bridgehead atoms. The monoisotopic (exact) mass is 215 g/mol. The average molecular weight is 215 g/mol. The molecule has 3 rings (SSSR count). The van der Waals surface area contributed by atoms with E-state index in [4.69, 9.17) is 0 Å². The zero-order valence-electron chi connectivity index (χ0n) is 9.39. The van der Waals surface area contributed by atoms with E-state index in [9.17, 15) is 0 Å². The maximum absolute atomic E-state index is 4.43. The predicted octanol–water partition coefficient (Wildman–Crippen LogP) is 1.88. The molecule has 0 amide bonds. The minimum absolute atomic E-state index is 0.772. The van der Waals surface area contributed by atoms with Crippen molar-refractivity contribution in [2.24, 2.45) is 5.92 Å². The number of nitrogens with zero attached hydrogens (tertiary/aromatic N) is 2. The van der Waals surface area contributed by atoms with Gasteiger partial charge in [-0.3, -0.25) is 0 Å². The maximum atomic E-state index is 4.43. The molecule has 0 radical (unpaired) electrons. The maximum Gasteiger partial charge on any atom is 0.136 e. The topological polar surface area (TPSA) is 29.3 Å². The molecule has 3 nitrogen and oxygen atoms in total. The number of aromatic nitrogens is 2. The predicted molar refractivity (Wildman–Crippen MR) is 64.5 cm³/mol. The summed E-state index contributed by atoms with van der Waals surface area (Å²) in [6, 6.07) is 6.16. The van der Waals surface area contributed by atoms with Gasteiger partial charge >= 0.3 is 0 Å². The highest BCUT2D eigenvalue weighted by atomic mass is 15.0. The van der Waals surface area contributed by atoms with Crippen molar-refractivity contribution in [3.63, 3.8) is 0 Å². The van der Waals surface area contributed by atoms with Crippen molar-refractivity contribution in [3.05, 3.63) is 36.3 Å². The van der Waals surface area contributed by atoms with E-state index in [1.165, 1.54) is 25.1 Å². The van der Waals surface area contributed by atoms with Gasteiger partial charge in [0.15, 0.2) is 0 Å². The van der Waals surface area contributed by atoms with Crippen LogP contribution in [-0.4, -0.2) is 22.5 Å². The molecule has 1 fully saturated rings. The molecule has 3 heteroatoms. The SMILES string of the molecule is c1ccn2c(CC3CCCNC3)cnc2c1. The van der Waals surface area contributed by atoms with Gasteiger partial charge in [-0.1, -0.05) is 6.07 Å². The van der Waals surface area contributed by atoms with Crippen LogP contribution in [0.2, 0.25) is 0 Å². The molecule has 16 heavy (non-hydrogen) atoms. The summed E-state index contributed by atoms with van der Waals surface area (Å²) in [5, 5.41) is 3.47. The molecule has 1 saturated heterocycles. The van der Waals surface area contributed by atoms with Crippen LogP contribution in [0.1, 0.15) is 18.5 Å². The number of imidazole rings is 1. The van der Waals surface area contributed by atoms with Crippen molar-refractivity contribution in [1.29, 1.82) is 0 Å². The van der Waals surface area contributed by atoms with Crippen molar-refractivity contribution < 1.29 is 0 Å². The first-order chi connectivity index (χ1) is 7.93. The average Bonchev–Trinajstić information content (AvgIpc) is 2.74. The molecule has 0 saturated carbocycles. The van der Waals surface area contributed by atoms with Crippen LogP contribution in [0.4, 0.5) is 0 Å². The fourth-order valence-corrected chi connectivity index (χ4v) is 2.53. The summed E-state index contributed by atoms with van der Waals surface area (Å²) in [4.78, 5) is 4.43. The lowest BCUT2D eigenvalue weighted by atomic mass is 9.95. The summed E-state index contributed by atoms with van der Waals surface area (Å²) in [5.74, 6) is 0.772. The van der Waals surface area contributed by atoms with Crippen LogP contribution in [0, 0.1) is 5.92 Å². The van der Waals surface area contributed by atoms with Crippen LogP contribution in [0.3, 0.4) is 0 Å². The Morgan fingerprint density at radius 3 is 3.31 bits per heavy atom. The highest BCUT2D eigenvalue weighted by Gasteiger charge is 2.15. The van der Waals surface area contributed by atoms with Gasteiger partial charge in [-0.15, -0.1) is 0 Å². The van der Waals surface area contributed by atoms with E-state index in [0.717, 1.165) is 24.5 Å². The fraction of sp³-hybridized carbons (Fsp3) is 0.462. The minimum Gasteiger partial charge on any atom is -0.316 e. The van der Waals surface area contributed by atoms with Crippen molar-refractivity contribution in [1.82, 2.24) is 14.7 Å². The molecule has 0 spiro atoms. The van der Waals surface area contributed by atoms with E-state index in [0.29, 0.717) is 0 Å². The molecular formula is C13H17N3. The van der Waals surface area contributed by atoms with Gasteiger partial charge < -0.3 is 9.72 Å². The van der Waals surface area contributed by atoms with Crippen LogP contribution in [0.15, 0.2) is 30.6 Å². The fourth-order valence-electron chi connectivity index (χ4n) is 2.53. The van der Waals surface area contributed by atoms with Crippen LogP contribution < -0.4 is 5.32 Å². The van der Waals surface area contributed by atoms with Crippen molar-refractivity contribution >= 4 is 5.65 Å². The van der Waals surface area contributed by atoms with Gasteiger partial charge in [0, 0.05) is 18.1 Å². The lowest BCUT2D eigenvalue weighted by molar-refractivity contribution is 0.373. The summed E-state index contributed by atoms with van der Waals surface area (Å²) in [5.41, 5.74) is 2.39. The van der Waals surface area contributed by atoms with Gasteiger partial charge in [0.2, 0.25) is 0 Å². The van der Waals surface area contributed by atoms with Gasteiger partial charge in [0.25, 0.3) is 0 Å². The first-order valence-corrected chi connectivity index (χ1v) is 6.05. The van der Waals surface area contributed by atoms with Crippen molar-refractivity contribution in [2.45, 2.75) is 19.3 Å². The number of nitrogens with one attached hydrogen (secondary N) is 1. The molecule has 0 aromatic carbocycles. The van der Waals surface area contributed by atoms with E-state index in [-0.39, 0.29) is 0 Å². The molecule has 1 unspecified atom stereocenters. The van der Waals surface area contributed by atoms with Crippen molar-refractivity contribution in [2.75, 3.05) is 13.1 Å². The van der Waals surface area contributed by atoms with E-state index in [2.05, 4.69) is 33.0 Å². The zero-order chi connectivity index (χ0) is 10.8. The third kappa shape index (κ3) is 1.83. The zero-order valence-corrected chi connectivity index (χ0v) is 9.39. The largest absolute Gasteiger partial charge is 0.316 e. The number of fused-ring (bicyclic) bond motifs is 1. The third-order valence-corrected chi connectivity index (χ3v) is 3.39. The van der Waals surface area contributed by atoms with E-state index < -0.39 is 0 Å². The normalized spacial score (nSPS) is 21.4. The summed E-state index contributed by atoms with van der Waals surface area (Å²) < 4.78 is 2.20. The Morgan fingerprint density at radius 1 is 1.44 bits per heavy atom. The Balaban J connectivity index is 1.83. The second kappa shape index (κ2) is 4.26. The Labute approximate surface area is 95.5 Å². The molecule has 1 N–H and O–H groups in total. The number of hydrogen-bond donors (Lipinski definition) is 1. The van der Waals surface area contributed by atoms with E-state index >= 15 is 0 Å². The lowest BCUT2D eigenvalue weighted by Crippen LogP contribution is -2.31. The van der Waals surface area contributed by atoms with Gasteiger partial charge in [-0.25, -0.2) is 4.98 Å². The molecule has 0 aliphatic carbocycles. The minimum atomic E-state index is 0.772. The second-order valence-electron chi connectivity index (χ2n) is 4.59. The van der Waals surface area contributed by atoms with Gasteiger partial charge in [-0.05, 0) is 50.4 Å². The Morgan fingerprint density at radius 2 is 2.44 bits per heavy atom. The quantitative estimate of drug-likeness (QED) is 0.828. The van der Waals surface area contributed by atoms with Gasteiger partial charge in [-0.2, -0.15) is 0 Å². The molecule has 2 aromatic heterocycles. The molecule has 2 aromatic rings. The van der Waals surface area contributed by atoms with E-state index in [1.807, 2.05) is 12.3 Å². The molecule has 1 atom stereocenters. The Bertz CT molecular complexity index is 469. The number of pyridine rings is 1. The Kier molecular flexibility index (Phi) is 2.62. The molecule has 3 heterocycles. The summed E-state index contributed by atoms with van der Waals surface area (Å²) in [6.07, 6.45) is 7.91. The molecule has 1 aliphatic heterocycles. The first kappa shape index (κ1) is 9.85.